The molecule has 0 N–H and O–H groups in total. The van der Waals surface area contributed by atoms with E-state index in [1.807, 2.05) is 11.8 Å². The molecule has 1 fully saturated rings. The maximum Gasteiger partial charge on any atom is 0.453 e. The molecular weight excluding hydrogens is 417 g/mol. The molecule has 5 heterocycles. The first-order valence-electron chi connectivity index (χ1n) is 9.32. The summed E-state index contributed by atoms with van der Waals surface area (Å²) in [4.78, 5) is 22.8. The van der Waals surface area contributed by atoms with Crippen LogP contribution in [0, 0.1) is 13.8 Å². The van der Waals surface area contributed by atoms with Gasteiger partial charge in [0.05, 0.1) is 5.39 Å². The van der Waals surface area contributed by atoms with Gasteiger partial charge in [0.1, 0.15) is 22.8 Å². The number of fused-ring (bicyclic) bond motifs is 2. The van der Waals surface area contributed by atoms with Gasteiger partial charge in [-0.15, -0.1) is 16.4 Å². The zero-order valence-electron chi connectivity index (χ0n) is 16.2. The molecule has 4 aromatic heterocycles. The van der Waals surface area contributed by atoms with Gasteiger partial charge in [-0.05, 0) is 19.9 Å². The van der Waals surface area contributed by atoms with Crippen LogP contribution >= 0.6 is 11.3 Å². The molecule has 8 nitrogen and oxygen atoms in total. The molecule has 0 aromatic carbocycles. The van der Waals surface area contributed by atoms with Gasteiger partial charge in [0.25, 0.3) is 11.6 Å². The second-order valence-corrected chi connectivity index (χ2v) is 8.38. The van der Waals surface area contributed by atoms with E-state index in [4.69, 9.17) is 0 Å². The Hall–Kier alpha value is -3.02. The maximum atomic E-state index is 13.1. The summed E-state index contributed by atoms with van der Waals surface area (Å²) in [5.41, 5.74) is 0.590. The van der Waals surface area contributed by atoms with Gasteiger partial charge >= 0.3 is 6.18 Å². The van der Waals surface area contributed by atoms with E-state index in [0.717, 1.165) is 16.0 Å². The largest absolute Gasteiger partial charge is 0.453 e. The van der Waals surface area contributed by atoms with Gasteiger partial charge in [-0.3, -0.25) is 0 Å². The fourth-order valence-corrected chi connectivity index (χ4v) is 4.52. The lowest BCUT2D eigenvalue weighted by Crippen LogP contribution is -2.47. The summed E-state index contributed by atoms with van der Waals surface area (Å²) in [5, 5.41) is 4.69. The Morgan fingerprint density at radius 3 is 2.43 bits per heavy atom. The number of nitrogens with zero attached hydrogens (tertiary/aromatic N) is 8. The SMILES string of the molecule is Cc1cc(N2CCN(c3ncnc4sc(C)cc34)CC2)n2nc(C(F)(F)F)nc2n1. The summed E-state index contributed by atoms with van der Waals surface area (Å²) < 4.78 is 40.4. The lowest BCUT2D eigenvalue weighted by Gasteiger charge is -2.36. The molecule has 0 unspecified atom stereocenters. The molecule has 12 heteroatoms. The number of anilines is 2. The number of thiophene rings is 1. The van der Waals surface area contributed by atoms with Gasteiger partial charge < -0.3 is 9.80 Å². The summed E-state index contributed by atoms with van der Waals surface area (Å²) in [7, 11) is 0. The van der Waals surface area contributed by atoms with Crippen LogP contribution in [0.1, 0.15) is 16.4 Å². The van der Waals surface area contributed by atoms with Gasteiger partial charge in [0, 0.05) is 42.8 Å². The highest BCUT2D eigenvalue weighted by Gasteiger charge is 2.37. The Balaban J connectivity index is 1.44. The Morgan fingerprint density at radius 2 is 1.70 bits per heavy atom. The van der Waals surface area contributed by atoms with Crippen molar-refractivity contribution in [1.82, 2.24) is 29.5 Å². The van der Waals surface area contributed by atoms with Crippen LogP contribution in [0.2, 0.25) is 0 Å². The predicted molar refractivity (Wildman–Crippen MR) is 107 cm³/mol. The molecule has 1 aliphatic heterocycles. The van der Waals surface area contributed by atoms with E-state index >= 15 is 0 Å². The zero-order valence-corrected chi connectivity index (χ0v) is 17.0. The topological polar surface area (TPSA) is 75.3 Å². The Morgan fingerprint density at radius 1 is 0.967 bits per heavy atom. The van der Waals surface area contributed by atoms with Crippen LogP contribution in [0.15, 0.2) is 18.5 Å². The average molecular weight is 434 g/mol. The maximum absolute atomic E-state index is 13.1. The molecule has 0 amide bonds. The van der Waals surface area contributed by atoms with Crippen molar-refractivity contribution >= 4 is 39.0 Å². The van der Waals surface area contributed by atoms with Crippen molar-refractivity contribution in [3.05, 3.63) is 34.9 Å². The van der Waals surface area contributed by atoms with Gasteiger partial charge in [-0.2, -0.15) is 22.7 Å². The number of aryl methyl sites for hydroxylation is 2. The molecule has 30 heavy (non-hydrogen) atoms. The van der Waals surface area contributed by atoms with Crippen LogP contribution in [-0.4, -0.2) is 55.7 Å². The molecule has 0 bridgehead atoms. The minimum Gasteiger partial charge on any atom is -0.353 e. The first-order valence-corrected chi connectivity index (χ1v) is 10.1. The van der Waals surface area contributed by atoms with Crippen molar-refractivity contribution in [2.75, 3.05) is 36.0 Å². The fourth-order valence-electron chi connectivity index (χ4n) is 3.68. The van der Waals surface area contributed by atoms with E-state index in [2.05, 4.69) is 36.0 Å². The molecule has 1 aliphatic rings. The molecule has 1 saturated heterocycles. The number of piperazine rings is 1. The number of hydrogen-bond donors (Lipinski definition) is 0. The molecule has 0 radical (unpaired) electrons. The van der Waals surface area contributed by atoms with Gasteiger partial charge in [-0.1, -0.05) is 0 Å². The van der Waals surface area contributed by atoms with E-state index < -0.39 is 12.0 Å². The quantitative estimate of drug-likeness (QED) is 0.480. The minimum absolute atomic E-state index is 0.0500. The first kappa shape index (κ1) is 19.0. The molecule has 5 rings (SSSR count). The average Bonchev–Trinajstić information content (AvgIpc) is 3.29. The van der Waals surface area contributed by atoms with Crippen LogP contribution in [0.4, 0.5) is 24.8 Å². The third kappa shape index (κ3) is 3.20. The van der Waals surface area contributed by atoms with E-state index in [1.54, 1.807) is 30.7 Å². The zero-order chi connectivity index (χ0) is 21.0. The van der Waals surface area contributed by atoms with Crippen LogP contribution in [0.5, 0.6) is 0 Å². The highest BCUT2D eigenvalue weighted by atomic mass is 32.1. The number of halogens is 3. The normalized spacial score (nSPS) is 15.5. The summed E-state index contributed by atoms with van der Waals surface area (Å²) in [6.07, 6.45) is -3.04. The summed E-state index contributed by atoms with van der Waals surface area (Å²) in [6, 6.07) is 3.83. The minimum atomic E-state index is -4.62. The first-order chi connectivity index (χ1) is 14.3. The Bertz CT molecular complexity index is 1240. The van der Waals surface area contributed by atoms with E-state index in [1.165, 1.54) is 9.39 Å². The molecular formula is C18H17F3N8S. The second kappa shape index (κ2) is 6.76. The van der Waals surface area contributed by atoms with E-state index in [-0.39, 0.29) is 5.78 Å². The van der Waals surface area contributed by atoms with Crippen molar-refractivity contribution < 1.29 is 13.2 Å². The highest BCUT2D eigenvalue weighted by Crippen LogP contribution is 2.31. The van der Waals surface area contributed by atoms with Gasteiger partial charge in [0.15, 0.2) is 0 Å². The summed E-state index contributed by atoms with van der Waals surface area (Å²) >= 11 is 1.63. The lowest BCUT2D eigenvalue weighted by molar-refractivity contribution is -0.144. The van der Waals surface area contributed by atoms with E-state index in [9.17, 15) is 13.2 Å². The van der Waals surface area contributed by atoms with Crippen LogP contribution in [0.25, 0.3) is 16.0 Å². The smallest absolute Gasteiger partial charge is 0.353 e. The molecule has 0 atom stereocenters. The number of alkyl halides is 3. The number of rotatable bonds is 2. The number of hydrogen-bond acceptors (Lipinski definition) is 8. The van der Waals surface area contributed by atoms with Gasteiger partial charge in [0.2, 0.25) is 0 Å². The lowest BCUT2D eigenvalue weighted by atomic mass is 10.2. The third-order valence-electron chi connectivity index (χ3n) is 5.01. The Labute approximate surface area is 173 Å². The Kier molecular flexibility index (Phi) is 4.27. The van der Waals surface area contributed by atoms with Crippen molar-refractivity contribution in [2.45, 2.75) is 20.0 Å². The van der Waals surface area contributed by atoms with E-state index in [0.29, 0.717) is 37.7 Å². The van der Waals surface area contributed by atoms with Gasteiger partial charge in [-0.25, -0.2) is 15.0 Å². The third-order valence-corrected chi connectivity index (χ3v) is 5.97. The molecule has 4 aromatic rings. The van der Waals surface area contributed by atoms with Crippen molar-refractivity contribution in [1.29, 1.82) is 0 Å². The monoisotopic (exact) mass is 434 g/mol. The van der Waals surface area contributed by atoms with Crippen molar-refractivity contribution in [3.8, 4) is 0 Å². The highest BCUT2D eigenvalue weighted by molar-refractivity contribution is 7.18. The van der Waals surface area contributed by atoms with Crippen molar-refractivity contribution in [3.63, 3.8) is 0 Å². The van der Waals surface area contributed by atoms with Crippen LogP contribution in [-0.2, 0) is 6.18 Å². The summed E-state index contributed by atoms with van der Waals surface area (Å²) in [6.45, 7) is 6.33. The fraction of sp³-hybridized carbons (Fsp3) is 0.389. The number of aromatic nitrogens is 6. The van der Waals surface area contributed by atoms with Crippen LogP contribution in [0.3, 0.4) is 0 Å². The second-order valence-electron chi connectivity index (χ2n) is 7.15. The molecule has 0 aliphatic carbocycles. The predicted octanol–water partition coefficient (Wildman–Crippen LogP) is 3.09. The van der Waals surface area contributed by atoms with Crippen LogP contribution < -0.4 is 9.80 Å². The molecule has 156 valence electrons. The molecule has 0 saturated carbocycles. The van der Waals surface area contributed by atoms with Crippen molar-refractivity contribution in [2.24, 2.45) is 0 Å². The molecule has 0 spiro atoms. The summed E-state index contributed by atoms with van der Waals surface area (Å²) in [5.74, 6) is 0.210. The standard InChI is InChI=1S/C18H17F3N8S/c1-10-7-13(29-17(24-10)25-16(26-29)18(19,20)21)27-3-5-28(6-4-27)14-12-8-11(2)30-15(12)23-9-22-14/h7-9H,3-6H2,1-2H3.